The van der Waals surface area contributed by atoms with Crippen molar-refractivity contribution < 1.29 is 14.6 Å². The Labute approximate surface area is 114 Å². The van der Waals surface area contributed by atoms with Gasteiger partial charge in [-0.1, -0.05) is 19.9 Å². The molecule has 1 unspecified atom stereocenters. The number of aryl methyl sites for hydroxylation is 1. The van der Waals surface area contributed by atoms with E-state index in [1.54, 1.807) is 4.90 Å². The van der Waals surface area contributed by atoms with Gasteiger partial charge in [-0.25, -0.2) is 0 Å². The molecule has 0 fully saturated rings. The monoisotopic (exact) mass is 263 g/mol. The summed E-state index contributed by atoms with van der Waals surface area (Å²) in [6.07, 6.45) is -0.436. The van der Waals surface area contributed by atoms with E-state index in [-0.39, 0.29) is 18.2 Å². The first-order valence-corrected chi connectivity index (χ1v) is 6.71. The van der Waals surface area contributed by atoms with Crippen molar-refractivity contribution in [2.45, 2.75) is 33.3 Å². The standard InChI is InChI=1S/C15H21NO3/c1-10(2)13(17)9-15(18)16-6-7-19-14-8-11(3)4-5-12(14)16/h4-5,8,10,13,17H,6-7,9H2,1-3H3. The quantitative estimate of drug-likeness (QED) is 0.909. The van der Waals surface area contributed by atoms with E-state index in [9.17, 15) is 9.90 Å². The molecule has 1 aromatic rings. The molecule has 1 atom stereocenters. The van der Waals surface area contributed by atoms with Gasteiger partial charge >= 0.3 is 0 Å². The molecule has 0 saturated heterocycles. The van der Waals surface area contributed by atoms with E-state index in [1.165, 1.54) is 0 Å². The molecule has 104 valence electrons. The molecule has 0 aliphatic carbocycles. The summed E-state index contributed by atoms with van der Waals surface area (Å²) in [5, 5.41) is 9.84. The van der Waals surface area contributed by atoms with E-state index in [1.807, 2.05) is 39.0 Å². The smallest absolute Gasteiger partial charge is 0.229 e. The maximum Gasteiger partial charge on any atom is 0.229 e. The Bertz CT molecular complexity index is 470. The van der Waals surface area contributed by atoms with Gasteiger partial charge in [-0.15, -0.1) is 0 Å². The lowest BCUT2D eigenvalue weighted by molar-refractivity contribution is -0.121. The summed E-state index contributed by atoms with van der Waals surface area (Å²) in [6.45, 7) is 6.86. The summed E-state index contributed by atoms with van der Waals surface area (Å²) in [5.41, 5.74) is 1.91. The van der Waals surface area contributed by atoms with Crippen LogP contribution in [0.1, 0.15) is 25.8 Å². The van der Waals surface area contributed by atoms with Crippen molar-refractivity contribution in [3.8, 4) is 5.75 Å². The predicted octanol–water partition coefficient (Wildman–Crippen LogP) is 2.13. The summed E-state index contributed by atoms with van der Waals surface area (Å²) in [4.78, 5) is 14.0. The van der Waals surface area contributed by atoms with E-state index in [0.29, 0.717) is 13.2 Å². The summed E-state index contributed by atoms with van der Waals surface area (Å²) in [6, 6.07) is 5.81. The number of nitrogens with zero attached hydrogens (tertiary/aromatic N) is 1. The second-order valence-corrected chi connectivity index (χ2v) is 5.38. The molecular formula is C15H21NO3. The summed E-state index contributed by atoms with van der Waals surface area (Å²) >= 11 is 0. The Morgan fingerprint density at radius 2 is 2.21 bits per heavy atom. The Balaban J connectivity index is 2.17. The van der Waals surface area contributed by atoms with Crippen molar-refractivity contribution in [2.75, 3.05) is 18.1 Å². The van der Waals surface area contributed by atoms with Crippen molar-refractivity contribution in [3.63, 3.8) is 0 Å². The molecule has 0 spiro atoms. The van der Waals surface area contributed by atoms with Crippen LogP contribution in [0.15, 0.2) is 18.2 Å². The molecule has 1 amide bonds. The zero-order valence-electron chi connectivity index (χ0n) is 11.7. The summed E-state index contributed by atoms with van der Waals surface area (Å²) in [5.74, 6) is 0.788. The molecule has 0 saturated carbocycles. The highest BCUT2D eigenvalue weighted by Crippen LogP contribution is 2.32. The number of aliphatic hydroxyl groups is 1. The fourth-order valence-corrected chi connectivity index (χ4v) is 2.11. The zero-order valence-corrected chi connectivity index (χ0v) is 11.7. The Hall–Kier alpha value is -1.55. The average molecular weight is 263 g/mol. The first-order valence-electron chi connectivity index (χ1n) is 6.71. The van der Waals surface area contributed by atoms with Crippen LogP contribution in [-0.2, 0) is 4.79 Å². The normalized spacial score (nSPS) is 15.9. The fraction of sp³-hybridized carbons (Fsp3) is 0.533. The van der Waals surface area contributed by atoms with Crippen LogP contribution in [0.25, 0.3) is 0 Å². The van der Waals surface area contributed by atoms with Crippen LogP contribution in [0.2, 0.25) is 0 Å². The first-order chi connectivity index (χ1) is 8.99. The second kappa shape index (κ2) is 5.61. The van der Waals surface area contributed by atoms with Crippen molar-refractivity contribution in [3.05, 3.63) is 23.8 Å². The number of rotatable bonds is 3. The average Bonchev–Trinajstić information content (AvgIpc) is 2.37. The van der Waals surface area contributed by atoms with Crippen LogP contribution in [0.4, 0.5) is 5.69 Å². The molecule has 2 rings (SSSR count). The predicted molar refractivity (Wildman–Crippen MR) is 74.5 cm³/mol. The molecule has 0 radical (unpaired) electrons. The van der Waals surface area contributed by atoms with Crippen molar-refractivity contribution in [1.29, 1.82) is 0 Å². The molecule has 0 aromatic heterocycles. The van der Waals surface area contributed by atoms with Gasteiger partial charge in [0.2, 0.25) is 5.91 Å². The van der Waals surface area contributed by atoms with Gasteiger partial charge in [0.05, 0.1) is 24.8 Å². The molecule has 1 N–H and O–H groups in total. The molecule has 1 aliphatic rings. The van der Waals surface area contributed by atoms with Gasteiger partial charge in [0.25, 0.3) is 0 Å². The number of fused-ring (bicyclic) bond motifs is 1. The molecular weight excluding hydrogens is 242 g/mol. The maximum absolute atomic E-state index is 12.3. The lowest BCUT2D eigenvalue weighted by Gasteiger charge is -2.30. The van der Waals surface area contributed by atoms with Crippen LogP contribution in [-0.4, -0.2) is 30.3 Å². The minimum Gasteiger partial charge on any atom is -0.490 e. The Morgan fingerprint density at radius 3 is 2.89 bits per heavy atom. The summed E-state index contributed by atoms with van der Waals surface area (Å²) in [7, 11) is 0. The molecule has 19 heavy (non-hydrogen) atoms. The molecule has 1 aromatic carbocycles. The second-order valence-electron chi connectivity index (χ2n) is 5.38. The van der Waals surface area contributed by atoms with Gasteiger partial charge in [0.1, 0.15) is 12.4 Å². The minimum absolute atomic E-state index is 0.0467. The van der Waals surface area contributed by atoms with Crippen LogP contribution in [0.5, 0.6) is 5.75 Å². The van der Waals surface area contributed by atoms with Crippen LogP contribution in [0, 0.1) is 12.8 Å². The number of carbonyl (C=O) groups excluding carboxylic acids is 1. The Morgan fingerprint density at radius 1 is 1.47 bits per heavy atom. The lowest BCUT2D eigenvalue weighted by atomic mass is 10.0. The largest absolute Gasteiger partial charge is 0.490 e. The number of carbonyl (C=O) groups is 1. The third kappa shape index (κ3) is 3.07. The molecule has 1 heterocycles. The number of anilines is 1. The zero-order chi connectivity index (χ0) is 14.0. The number of ether oxygens (including phenoxy) is 1. The first kappa shape index (κ1) is 13.9. The molecule has 4 nitrogen and oxygen atoms in total. The lowest BCUT2D eigenvalue weighted by Crippen LogP contribution is -2.40. The van der Waals surface area contributed by atoms with Gasteiger partial charge in [0.15, 0.2) is 0 Å². The fourth-order valence-electron chi connectivity index (χ4n) is 2.11. The molecule has 4 heteroatoms. The van der Waals surface area contributed by atoms with E-state index >= 15 is 0 Å². The highest BCUT2D eigenvalue weighted by molar-refractivity contribution is 5.95. The Kier molecular flexibility index (Phi) is 4.10. The SMILES string of the molecule is Cc1ccc2c(c1)OCCN2C(=O)CC(O)C(C)C. The van der Waals surface area contributed by atoms with Gasteiger partial charge in [-0.3, -0.25) is 4.79 Å². The number of aliphatic hydroxyl groups excluding tert-OH is 1. The number of benzene rings is 1. The van der Waals surface area contributed by atoms with Crippen LogP contribution < -0.4 is 9.64 Å². The number of amides is 1. The van der Waals surface area contributed by atoms with Gasteiger partial charge in [-0.05, 0) is 30.5 Å². The van der Waals surface area contributed by atoms with Gasteiger partial charge in [0, 0.05) is 0 Å². The van der Waals surface area contributed by atoms with Gasteiger partial charge in [-0.2, -0.15) is 0 Å². The maximum atomic E-state index is 12.3. The van der Waals surface area contributed by atoms with Crippen molar-refractivity contribution in [2.24, 2.45) is 5.92 Å². The highest BCUT2D eigenvalue weighted by atomic mass is 16.5. The van der Waals surface area contributed by atoms with Crippen LogP contribution in [0.3, 0.4) is 0 Å². The van der Waals surface area contributed by atoms with Crippen LogP contribution >= 0.6 is 0 Å². The molecule has 1 aliphatic heterocycles. The summed E-state index contributed by atoms with van der Waals surface area (Å²) < 4.78 is 5.58. The molecule has 0 bridgehead atoms. The topological polar surface area (TPSA) is 49.8 Å². The van der Waals surface area contributed by atoms with Crippen molar-refractivity contribution in [1.82, 2.24) is 0 Å². The van der Waals surface area contributed by atoms with E-state index < -0.39 is 6.10 Å². The van der Waals surface area contributed by atoms with Gasteiger partial charge < -0.3 is 14.7 Å². The number of hydrogen-bond donors (Lipinski definition) is 1. The van der Waals surface area contributed by atoms with E-state index in [2.05, 4.69) is 0 Å². The minimum atomic E-state index is -0.593. The third-order valence-corrected chi connectivity index (χ3v) is 3.43. The highest BCUT2D eigenvalue weighted by Gasteiger charge is 2.26. The van der Waals surface area contributed by atoms with Crippen molar-refractivity contribution >= 4 is 11.6 Å². The third-order valence-electron chi connectivity index (χ3n) is 3.43. The van der Waals surface area contributed by atoms with E-state index in [0.717, 1.165) is 17.0 Å². The van der Waals surface area contributed by atoms with E-state index in [4.69, 9.17) is 4.74 Å². The number of hydrogen-bond acceptors (Lipinski definition) is 3.